The van der Waals surface area contributed by atoms with Crippen LogP contribution in [0.1, 0.15) is 61.8 Å². The summed E-state index contributed by atoms with van der Waals surface area (Å²) in [5.41, 5.74) is 4.56. The molecule has 2 aromatic carbocycles. The van der Waals surface area contributed by atoms with E-state index in [-0.39, 0.29) is 24.8 Å². The second-order valence-corrected chi connectivity index (χ2v) is 11.4. The van der Waals surface area contributed by atoms with Gasteiger partial charge in [-0.05, 0) is 63.3 Å². The van der Waals surface area contributed by atoms with E-state index in [1.54, 1.807) is 17.9 Å². The number of benzene rings is 2. The summed E-state index contributed by atoms with van der Waals surface area (Å²) in [4.78, 5) is 27.8. The molecule has 1 N–H and O–H groups in total. The van der Waals surface area contributed by atoms with Gasteiger partial charge in [0.2, 0.25) is 21.8 Å². The van der Waals surface area contributed by atoms with Crippen LogP contribution in [0.15, 0.2) is 42.5 Å². The number of nitrogens with one attached hydrogen (secondary N) is 1. The van der Waals surface area contributed by atoms with E-state index in [4.69, 9.17) is 0 Å². The molecule has 2 aromatic rings. The van der Waals surface area contributed by atoms with Gasteiger partial charge < -0.3 is 10.2 Å². The molecule has 198 valence electrons. The monoisotopic (exact) mass is 515 g/mol. The van der Waals surface area contributed by atoms with Crippen LogP contribution in [0, 0.1) is 20.8 Å². The van der Waals surface area contributed by atoms with Gasteiger partial charge in [0.25, 0.3) is 0 Å². The maximum absolute atomic E-state index is 13.4. The third kappa shape index (κ3) is 8.36. The molecule has 0 aliphatic rings. The van der Waals surface area contributed by atoms with E-state index in [2.05, 4.69) is 12.2 Å². The lowest BCUT2D eigenvalue weighted by Gasteiger charge is -2.30. The largest absolute Gasteiger partial charge is 0.354 e. The Bertz CT molecular complexity index is 1150. The molecule has 1 atom stereocenters. The molecule has 8 heteroatoms. The van der Waals surface area contributed by atoms with Gasteiger partial charge in [0, 0.05) is 26.1 Å². The molecule has 36 heavy (non-hydrogen) atoms. The van der Waals surface area contributed by atoms with Crippen molar-refractivity contribution in [2.45, 2.75) is 72.9 Å². The summed E-state index contributed by atoms with van der Waals surface area (Å²) < 4.78 is 26.5. The Balaban J connectivity index is 2.18. The molecule has 2 rings (SSSR count). The number of hydrogen-bond donors (Lipinski definition) is 1. The first kappa shape index (κ1) is 29.4. The lowest BCUT2D eigenvalue weighted by Crippen LogP contribution is -2.48. The minimum absolute atomic E-state index is 0.134. The number of nitrogens with zero attached hydrogens (tertiary/aromatic N) is 2. The van der Waals surface area contributed by atoms with Crippen LogP contribution >= 0.6 is 0 Å². The van der Waals surface area contributed by atoms with Crippen molar-refractivity contribution in [3.63, 3.8) is 0 Å². The van der Waals surface area contributed by atoms with Crippen molar-refractivity contribution in [2.24, 2.45) is 0 Å². The van der Waals surface area contributed by atoms with Crippen LogP contribution in [-0.4, -0.2) is 50.5 Å². The van der Waals surface area contributed by atoms with Crippen LogP contribution in [0.2, 0.25) is 0 Å². The van der Waals surface area contributed by atoms with Crippen LogP contribution in [0.5, 0.6) is 0 Å². The predicted octanol–water partition coefficient (Wildman–Crippen LogP) is 4.49. The summed E-state index contributed by atoms with van der Waals surface area (Å²) in [6.07, 6.45) is 3.51. The van der Waals surface area contributed by atoms with Gasteiger partial charge in [-0.25, -0.2) is 8.42 Å². The van der Waals surface area contributed by atoms with Crippen molar-refractivity contribution in [3.8, 4) is 0 Å². The molecule has 0 bridgehead atoms. The molecule has 0 aliphatic carbocycles. The normalized spacial score (nSPS) is 12.2. The molecular weight excluding hydrogens is 474 g/mol. The predicted molar refractivity (Wildman–Crippen MR) is 146 cm³/mol. The highest BCUT2D eigenvalue weighted by molar-refractivity contribution is 7.92. The van der Waals surface area contributed by atoms with Crippen LogP contribution in [0.3, 0.4) is 0 Å². The van der Waals surface area contributed by atoms with Gasteiger partial charge in [-0.2, -0.15) is 0 Å². The average molecular weight is 516 g/mol. The second kappa shape index (κ2) is 13.4. The Hall–Kier alpha value is -2.87. The summed E-state index contributed by atoms with van der Waals surface area (Å²) in [6, 6.07) is 12.8. The van der Waals surface area contributed by atoms with E-state index in [1.807, 2.05) is 57.2 Å². The summed E-state index contributed by atoms with van der Waals surface area (Å²) in [6.45, 7) is 10.7. The zero-order chi connectivity index (χ0) is 26.9. The topological polar surface area (TPSA) is 86.8 Å². The van der Waals surface area contributed by atoms with Gasteiger partial charge in [-0.1, -0.05) is 55.3 Å². The first-order valence-electron chi connectivity index (χ1n) is 12.6. The Kier molecular flexibility index (Phi) is 11.0. The van der Waals surface area contributed by atoms with Gasteiger partial charge in [0.05, 0.1) is 11.9 Å². The fraction of sp³-hybridized carbons (Fsp3) is 0.500. The Labute approximate surface area is 216 Å². The summed E-state index contributed by atoms with van der Waals surface area (Å²) >= 11 is 0. The molecule has 0 fully saturated rings. The number of rotatable bonds is 13. The van der Waals surface area contributed by atoms with Crippen LogP contribution in [0.25, 0.3) is 0 Å². The SMILES string of the molecule is CCCCNC(=O)[C@H](C)N(Cc1cccc(C)c1)C(=O)CCCN(c1cccc(C)c1C)S(C)(=O)=O. The van der Waals surface area contributed by atoms with Crippen molar-refractivity contribution in [3.05, 3.63) is 64.7 Å². The van der Waals surface area contributed by atoms with Gasteiger partial charge in [-0.3, -0.25) is 13.9 Å². The van der Waals surface area contributed by atoms with Crippen molar-refractivity contribution in [1.29, 1.82) is 0 Å². The van der Waals surface area contributed by atoms with Crippen LogP contribution in [-0.2, 0) is 26.2 Å². The molecular formula is C28H41N3O4S. The highest BCUT2D eigenvalue weighted by Crippen LogP contribution is 2.25. The molecule has 0 unspecified atom stereocenters. The number of hydrogen-bond acceptors (Lipinski definition) is 4. The summed E-state index contributed by atoms with van der Waals surface area (Å²) in [7, 11) is -3.53. The second-order valence-electron chi connectivity index (χ2n) is 9.49. The lowest BCUT2D eigenvalue weighted by atomic mass is 10.1. The number of sulfonamides is 1. The average Bonchev–Trinajstić information content (AvgIpc) is 2.81. The van der Waals surface area contributed by atoms with E-state index in [1.165, 1.54) is 10.6 Å². The van der Waals surface area contributed by atoms with Crippen molar-refractivity contribution in [2.75, 3.05) is 23.7 Å². The van der Waals surface area contributed by atoms with Gasteiger partial charge >= 0.3 is 0 Å². The highest BCUT2D eigenvalue weighted by atomic mass is 32.2. The summed E-state index contributed by atoms with van der Waals surface area (Å²) in [5, 5.41) is 2.92. The molecule has 0 aliphatic heterocycles. The number of aryl methyl sites for hydroxylation is 2. The summed E-state index contributed by atoms with van der Waals surface area (Å²) in [5.74, 6) is -0.360. The first-order chi connectivity index (χ1) is 17.0. The van der Waals surface area contributed by atoms with E-state index in [0.717, 1.165) is 35.1 Å². The molecule has 0 heterocycles. The van der Waals surface area contributed by atoms with E-state index in [0.29, 0.717) is 25.2 Å². The maximum Gasteiger partial charge on any atom is 0.242 e. The zero-order valence-corrected chi connectivity index (χ0v) is 23.3. The number of unbranched alkanes of at least 4 members (excludes halogenated alkanes) is 1. The zero-order valence-electron chi connectivity index (χ0n) is 22.5. The molecule has 0 radical (unpaired) electrons. The molecule has 0 aromatic heterocycles. The fourth-order valence-electron chi connectivity index (χ4n) is 4.11. The maximum atomic E-state index is 13.4. The van der Waals surface area contributed by atoms with Gasteiger partial charge in [-0.15, -0.1) is 0 Å². The third-order valence-electron chi connectivity index (χ3n) is 6.43. The van der Waals surface area contributed by atoms with Crippen molar-refractivity contribution in [1.82, 2.24) is 10.2 Å². The molecule has 2 amide bonds. The number of carbonyl (C=O) groups is 2. The van der Waals surface area contributed by atoms with Gasteiger partial charge in [0.15, 0.2) is 0 Å². The minimum Gasteiger partial charge on any atom is -0.354 e. The standard InChI is InChI=1S/C28H41N3O4S/c1-7-8-17-29-28(33)24(5)30(20-25-14-9-12-21(2)19-25)27(32)16-11-18-31(36(6,34)35)26-15-10-13-22(3)23(26)4/h9-10,12-15,19,24H,7-8,11,16-18,20H2,1-6H3,(H,29,33)/t24-/m0/s1. The number of carbonyl (C=O) groups excluding carboxylic acids is 2. The Morgan fingerprint density at radius 2 is 1.72 bits per heavy atom. The number of amides is 2. The van der Waals surface area contributed by atoms with Gasteiger partial charge in [0.1, 0.15) is 6.04 Å². The van der Waals surface area contributed by atoms with Crippen LogP contribution < -0.4 is 9.62 Å². The van der Waals surface area contributed by atoms with Crippen molar-refractivity contribution >= 4 is 27.5 Å². The third-order valence-corrected chi connectivity index (χ3v) is 7.61. The smallest absolute Gasteiger partial charge is 0.242 e. The Morgan fingerprint density at radius 1 is 1.03 bits per heavy atom. The van der Waals surface area contributed by atoms with Crippen LogP contribution in [0.4, 0.5) is 5.69 Å². The fourth-order valence-corrected chi connectivity index (χ4v) is 5.13. The van der Waals surface area contributed by atoms with E-state index < -0.39 is 16.1 Å². The molecule has 7 nitrogen and oxygen atoms in total. The molecule has 0 saturated heterocycles. The van der Waals surface area contributed by atoms with E-state index in [9.17, 15) is 18.0 Å². The number of anilines is 1. The molecule has 0 spiro atoms. The first-order valence-corrected chi connectivity index (χ1v) is 14.5. The Morgan fingerprint density at radius 3 is 2.36 bits per heavy atom. The lowest BCUT2D eigenvalue weighted by molar-refractivity contribution is -0.140. The van der Waals surface area contributed by atoms with Crippen molar-refractivity contribution < 1.29 is 18.0 Å². The molecule has 0 saturated carbocycles. The van der Waals surface area contributed by atoms with E-state index >= 15 is 0 Å². The minimum atomic E-state index is -3.53. The highest BCUT2D eigenvalue weighted by Gasteiger charge is 2.27. The quantitative estimate of drug-likeness (QED) is 0.398.